The molecule has 32 heavy (non-hydrogen) atoms. The van der Waals surface area contributed by atoms with Crippen LogP contribution < -0.4 is 10.6 Å². The van der Waals surface area contributed by atoms with Gasteiger partial charge in [0.1, 0.15) is 18.2 Å². The Bertz CT molecular complexity index is 1280. The van der Waals surface area contributed by atoms with Crippen molar-refractivity contribution >= 4 is 23.1 Å². The number of rotatable bonds is 2. The molecule has 0 atom stereocenters. The molecule has 0 fully saturated rings. The molecule has 1 amide bonds. The normalized spacial score (nSPS) is 13.6. The number of nitrogen functional groups attached to an aromatic ring is 1. The fourth-order valence-corrected chi connectivity index (χ4v) is 3.25. The smallest absolute Gasteiger partial charge is 0.384 e. The van der Waals surface area contributed by atoms with E-state index in [-0.39, 0.29) is 34.9 Å². The summed E-state index contributed by atoms with van der Waals surface area (Å²) in [5, 5.41) is 4.14. The fourth-order valence-electron chi connectivity index (χ4n) is 3.25. The maximum absolute atomic E-state index is 13.2. The molecule has 10 heteroatoms. The number of benzene rings is 1. The molecular formula is C22H15F4N5O. The molecule has 2 N–H and O–H groups in total. The number of pyridine rings is 1. The van der Waals surface area contributed by atoms with Crippen molar-refractivity contribution in [2.24, 2.45) is 0 Å². The van der Waals surface area contributed by atoms with Crippen LogP contribution in [0.5, 0.6) is 0 Å². The number of carbonyl (C=O) groups excluding carboxylic acids is 1. The van der Waals surface area contributed by atoms with Gasteiger partial charge in [-0.1, -0.05) is 18.4 Å². The van der Waals surface area contributed by atoms with E-state index in [9.17, 15) is 22.4 Å². The van der Waals surface area contributed by atoms with E-state index in [4.69, 9.17) is 5.73 Å². The van der Waals surface area contributed by atoms with Crippen LogP contribution in [0.4, 0.5) is 29.1 Å². The van der Waals surface area contributed by atoms with Gasteiger partial charge in [-0.3, -0.25) is 4.79 Å². The van der Waals surface area contributed by atoms with Crippen LogP contribution in [0.25, 0.3) is 5.70 Å². The van der Waals surface area contributed by atoms with Gasteiger partial charge < -0.3 is 10.6 Å². The Morgan fingerprint density at radius 2 is 1.81 bits per heavy atom. The van der Waals surface area contributed by atoms with Gasteiger partial charge in [0, 0.05) is 23.0 Å². The zero-order valence-corrected chi connectivity index (χ0v) is 16.4. The fraction of sp³-hybridized carbons (Fsp3) is 0.136. The SMILES string of the molecule is C=C1CN(c2ccc(C(F)(F)F)cc2)C(=O)c2c(C#Cc3cnc(N)cc3CF)cnn21. The van der Waals surface area contributed by atoms with Gasteiger partial charge in [0.25, 0.3) is 5.91 Å². The summed E-state index contributed by atoms with van der Waals surface area (Å²) in [6.45, 7) is 3.15. The van der Waals surface area contributed by atoms with Crippen LogP contribution in [0.1, 0.15) is 32.7 Å². The molecule has 0 saturated heterocycles. The molecule has 0 saturated carbocycles. The number of fused-ring (bicyclic) bond motifs is 1. The Kier molecular flexibility index (Phi) is 5.18. The van der Waals surface area contributed by atoms with Crippen molar-refractivity contribution in [2.75, 3.05) is 17.2 Å². The molecular weight excluding hydrogens is 426 g/mol. The van der Waals surface area contributed by atoms with Crippen molar-refractivity contribution in [1.29, 1.82) is 0 Å². The molecule has 4 rings (SSSR count). The highest BCUT2D eigenvalue weighted by Gasteiger charge is 2.33. The second-order valence-corrected chi connectivity index (χ2v) is 6.97. The highest BCUT2D eigenvalue weighted by Crippen LogP contribution is 2.32. The average molecular weight is 441 g/mol. The lowest BCUT2D eigenvalue weighted by molar-refractivity contribution is -0.137. The lowest BCUT2D eigenvalue weighted by Gasteiger charge is -2.29. The molecule has 0 spiro atoms. The number of anilines is 2. The second-order valence-electron chi connectivity index (χ2n) is 6.97. The van der Waals surface area contributed by atoms with E-state index in [1.807, 2.05) is 0 Å². The van der Waals surface area contributed by atoms with Gasteiger partial charge in [-0.15, -0.1) is 0 Å². The lowest BCUT2D eigenvalue weighted by atomic mass is 10.1. The predicted octanol–water partition coefficient (Wildman–Crippen LogP) is 3.88. The van der Waals surface area contributed by atoms with Crippen LogP contribution >= 0.6 is 0 Å². The predicted molar refractivity (Wildman–Crippen MR) is 110 cm³/mol. The number of aromatic nitrogens is 3. The molecule has 2 aromatic heterocycles. The average Bonchev–Trinajstić information content (AvgIpc) is 3.20. The van der Waals surface area contributed by atoms with Gasteiger partial charge >= 0.3 is 6.18 Å². The highest BCUT2D eigenvalue weighted by atomic mass is 19.4. The number of amides is 1. The third kappa shape index (κ3) is 3.80. The molecule has 162 valence electrons. The summed E-state index contributed by atoms with van der Waals surface area (Å²) in [5.74, 6) is 5.23. The number of carbonyl (C=O) groups is 1. The molecule has 0 radical (unpaired) electrons. The topological polar surface area (TPSA) is 77.0 Å². The molecule has 1 aromatic carbocycles. The largest absolute Gasteiger partial charge is 0.416 e. The first-order valence-corrected chi connectivity index (χ1v) is 9.26. The van der Waals surface area contributed by atoms with Gasteiger partial charge in [-0.2, -0.15) is 18.3 Å². The minimum absolute atomic E-state index is 0.0413. The summed E-state index contributed by atoms with van der Waals surface area (Å²) in [7, 11) is 0. The summed E-state index contributed by atoms with van der Waals surface area (Å²) in [6, 6.07) is 5.63. The molecule has 1 aliphatic rings. The monoisotopic (exact) mass is 441 g/mol. The first kappa shape index (κ1) is 21.1. The van der Waals surface area contributed by atoms with Gasteiger partial charge in [0.05, 0.1) is 29.6 Å². The minimum Gasteiger partial charge on any atom is -0.384 e. The van der Waals surface area contributed by atoms with E-state index < -0.39 is 24.3 Å². The standard InChI is InChI=1S/C22H15F4N5O/c1-13-12-30(18-6-4-17(5-7-18)22(24,25)26)21(32)20-15(11-29-31(13)20)3-2-14-10-28-19(27)8-16(14)9-23/h4-8,10-11H,1,9,12H2,(H2,27,28). The molecule has 6 nitrogen and oxygen atoms in total. The second kappa shape index (κ2) is 7.85. The van der Waals surface area contributed by atoms with Crippen LogP contribution in [0, 0.1) is 11.8 Å². The van der Waals surface area contributed by atoms with Crippen molar-refractivity contribution in [2.45, 2.75) is 12.9 Å². The van der Waals surface area contributed by atoms with Crippen LogP contribution in [0.15, 0.2) is 49.3 Å². The summed E-state index contributed by atoms with van der Waals surface area (Å²) in [5.41, 5.74) is 6.39. The van der Waals surface area contributed by atoms with Crippen molar-refractivity contribution in [3.63, 3.8) is 0 Å². The molecule has 0 aliphatic carbocycles. The van der Waals surface area contributed by atoms with Gasteiger partial charge in [0.2, 0.25) is 0 Å². The lowest BCUT2D eigenvalue weighted by Crippen LogP contribution is -2.40. The van der Waals surface area contributed by atoms with E-state index in [0.717, 1.165) is 12.1 Å². The molecule has 3 heterocycles. The van der Waals surface area contributed by atoms with E-state index in [1.165, 1.54) is 40.2 Å². The van der Waals surface area contributed by atoms with Gasteiger partial charge in [-0.05, 0) is 30.3 Å². The number of nitrogens with two attached hydrogens (primary N) is 1. The summed E-state index contributed by atoms with van der Waals surface area (Å²) >= 11 is 0. The first-order valence-electron chi connectivity index (χ1n) is 9.26. The minimum atomic E-state index is -4.48. The van der Waals surface area contributed by atoms with Crippen LogP contribution in [0.2, 0.25) is 0 Å². The molecule has 0 unspecified atom stereocenters. The van der Waals surface area contributed by atoms with E-state index in [2.05, 4.69) is 28.5 Å². The maximum Gasteiger partial charge on any atom is 0.416 e. The molecule has 0 bridgehead atoms. The van der Waals surface area contributed by atoms with Crippen molar-refractivity contribution in [3.05, 3.63) is 77.3 Å². The highest BCUT2D eigenvalue weighted by molar-refractivity contribution is 6.09. The summed E-state index contributed by atoms with van der Waals surface area (Å²) in [4.78, 5) is 18.3. The Morgan fingerprint density at radius 3 is 2.47 bits per heavy atom. The summed E-state index contributed by atoms with van der Waals surface area (Å²) in [6.07, 6.45) is -1.77. The number of alkyl halides is 4. The van der Waals surface area contributed by atoms with Crippen LogP contribution in [-0.2, 0) is 12.9 Å². The Balaban J connectivity index is 1.70. The number of hydrogen-bond donors (Lipinski definition) is 1. The maximum atomic E-state index is 13.2. The molecule has 1 aliphatic heterocycles. The van der Waals surface area contributed by atoms with Crippen molar-refractivity contribution in [3.8, 4) is 11.8 Å². The zero-order valence-electron chi connectivity index (χ0n) is 16.4. The number of hydrogen-bond acceptors (Lipinski definition) is 4. The zero-order chi connectivity index (χ0) is 23.0. The van der Waals surface area contributed by atoms with Crippen LogP contribution in [-0.4, -0.2) is 27.2 Å². The number of halogens is 4. The van der Waals surface area contributed by atoms with Gasteiger partial charge in [-0.25, -0.2) is 14.1 Å². The number of nitrogens with zero attached hydrogens (tertiary/aromatic N) is 4. The Morgan fingerprint density at radius 1 is 1.12 bits per heavy atom. The summed E-state index contributed by atoms with van der Waals surface area (Å²) < 4.78 is 53.1. The van der Waals surface area contributed by atoms with Crippen LogP contribution in [0.3, 0.4) is 0 Å². The third-order valence-corrected chi connectivity index (χ3v) is 4.85. The Labute approximate surface area is 180 Å². The molecule has 3 aromatic rings. The van der Waals surface area contributed by atoms with Gasteiger partial charge in [0.15, 0.2) is 0 Å². The van der Waals surface area contributed by atoms with E-state index in [0.29, 0.717) is 11.3 Å². The quantitative estimate of drug-likeness (QED) is 0.484. The first-order chi connectivity index (χ1) is 15.2. The Hall–Kier alpha value is -4.13. The third-order valence-electron chi connectivity index (χ3n) is 4.85. The van der Waals surface area contributed by atoms with Crippen molar-refractivity contribution in [1.82, 2.24) is 14.8 Å². The van der Waals surface area contributed by atoms with E-state index in [1.54, 1.807) is 0 Å². The van der Waals surface area contributed by atoms with E-state index >= 15 is 0 Å². The van der Waals surface area contributed by atoms with Crippen molar-refractivity contribution < 1.29 is 22.4 Å².